The zero-order valence-corrected chi connectivity index (χ0v) is 15.0. The van der Waals surface area contributed by atoms with E-state index in [2.05, 4.69) is 29.2 Å². The molecule has 1 aromatic carbocycles. The summed E-state index contributed by atoms with van der Waals surface area (Å²) in [4.78, 5) is 4.60. The van der Waals surface area contributed by atoms with E-state index in [9.17, 15) is 5.11 Å². The van der Waals surface area contributed by atoms with Gasteiger partial charge < -0.3 is 15.2 Å². The number of fused-ring (bicyclic) bond motifs is 1. The lowest BCUT2D eigenvalue weighted by Gasteiger charge is -2.25. The molecular formula is C19H24N4O2. The largest absolute Gasteiger partial charge is 0.497 e. The van der Waals surface area contributed by atoms with Gasteiger partial charge in [0.1, 0.15) is 17.2 Å². The van der Waals surface area contributed by atoms with Crippen molar-refractivity contribution in [1.29, 1.82) is 0 Å². The van der Waals surface area contributed by atoms with Gasteiger partial charge in [0, 0.05) is 24.4 Å². The van der Waals surface area contributed by atoms with Crippen LogP contribution in [0.25, 0.3) is 5.65 Å². The molecular weight excluding hydrogens is 316 g/mol. The molecule has 6 heteroatoms. The lowest BCUT2D eigenvalue weighted by atomic mass is 9.96. The van der Waals surface area contributed by atoms with Crippen LogP contribution in [0.1, 0.15) is 37.9 Å². The summed E-state index contributed by atoms with van der Waals surface area (Å²) in [6.45, 7) is 6.33. The van der Waals surface area contributed by atoms with Crippen molar-refractivity contribution in [3.63, 3.8) is 0 Å². The first-order valence-electron chi connectivity index (χ1n) is 8.36. The van der Waals surface area contributed by atoms with Crippen molar-refractivity contribution in [1.82, 2.24) is 14.6 Å². The molecule has 0 aliphatic carbocycles. The molecule has 2 N–H and O–H groups in total. The van der Waals surface area contributed by atoms with Crippen LogP contribution in [-0.4, -0.2) is 33.4 Å². The van der Waals surface area contributed by atoms with E-state index in [4.69, 9.17) is 4.74 Å². The molecule has 0 amide bonds. The van der Waals surface area contributed by atoms with Crippen molar-refractivity contribution in [2.45, 2.75) is 32.3 Å². The average Bonchev–Trinajstić information content (AvgIpc) is 3.08. The molecule has 0 bridgehead atoms. The maximum absolute atomic E-state index is 10.9. The lowest BCUT2D eigenvalue weighted by molar-refractivity contribution is 0.0713. The number of hydrogen-bond acceptors (Lipinski definition) is 5. The second kappa shape index (κ2) is 6.72. The minimum Gasteiger partial charge on any atom is -0.497 e. The number of rotatable bonds is 6. The molecule has 2 heterocycles. The van der Waals surface area contributed by atoms with Crippen LogP contribution in [0.3, 0.4) is 0 Å². The van der Waals surface area contributed by atoms with Gasteiger partial charge in [-0.2, -0.15) is 9.61 Å². The highest BCUT2D eigenvalue weighted by Gasteiger charge is 2.23. The fourth-order valence-corrected chi connectivity index (χ4v) is 2.67. The normalized spacial score (nSPS) is 13.8. The molecule has 3 rings (SSSR count). The molecule has 132 valence electrons. The summed E-state index contributed by atoms with van der Waals surface area (Å²) in [5, 5.41) is 18.5. The molecule has 2 aromatic heterocycles. The molecule has 25 heavy (non-hydrogen) atoms. The van der Waals surface area contributed by atoms with E-state index in [1.807, 2.05) is 36.4 Å². The maximum Gasteiger partial charge on any atom is 0.157 e. The molecule has 0 spiro atoms. The lowest BCUT2D eigenvalue weighted by Crippen LogP contribution is -2.31. The zero-order valence-electron chi connectivity index (χ0n) is 15.0. The highest BCUT2D eigenvalue weighted by atomic mass is 16.5. The second-order valence-corrected chi connectivity index (χ2v) is 6.68. The number of aromatic nitrogens is 3. The Morgan fingerprint density at radius 2 is 1.96 bits per heavy atom. The monoisotopic (exact) mass is 340 g/mol. The Balaban J connectivity index is 1.84. The van der Waals surface area contributed by atoms with Crippen molar-refractivity contribution in [2.75, 3.05) is 19.0 Å². The van der Waals surface area contributed by atoms with Gasteiger partial charge in [-0.1, -0.05) is 26.0 Å². The first-order valence-corrected chi connectivity index (χ1v) is 8.36. The quantitative estimate of drug-likeness (QED) is 0.721. The number of nitrogens with one attached hydrogen (secondary N) is 1. The second-order valence-electron chi connectivity index (χ2n) is 6.68. The predicted octanol–water partition coefficient (Wildman–Crippen LogP) is 3.18. The third-order valence-electron chi connectivity index (χ3n) is 4.30. The Hall–Kier alpha value is -2.60. The highest BCUT2D eigenvalue weighted by molar-refractivity contribution is 5.50. The molecule has 0 radical (unpaired) electrons. The number of methoxy groups -OCH3 is 1. The van der Waals surface area contributed by atoms with Crippen LogP contribution >= 0.6 is 0 Å². The molecule has 0 saturated carbocycles. The van der Waals surface area contributed by atoms with Crippen LogP contribution < -0.4 is 10.1 Å². The van der Waals surface area contributed by atoms with Crippen molar-refractivity contribution in [2.24, 2.45) is 0 Å². The van der Waals surface area contributed by atoms with Crippen LogP contribution in [0, 0.1) is 0 Å². The first-order chi connectivity index (χ1) is 11.9. The first kappa shape index (κ1) is 17.2. The van der Waals surface area contributed by atoms with Crippen molar-refractivity contribution in [3.8, 4) is 5.75 Å². The van der Waals surface area contributed by atoms with Gasteiger partial charge in [0.15, 0.2) is 5.65 Å². The molecule has 0 fully saturated rings. The third-order valence-corrected chi connectivity index (χ3v) is 4.30. The summed E-state index contributed by atoms with van der Waals surface area (Å²) in [5.41, 5.74) is 1.56. The fourth-order valence-electron chi connectivity index (χ4n) is 2.67. The minimum absolute atomic E-state index is 0.308. The highest BCUT2D eigenvalue weighted by Crippen LogP contribution is 2.25. The summed E-state index contributed by atoms with van der Waals surface area (Å²) < 4.78 is 6.92. The van der Waals surface area contributed by atoms with Crippen molar-refractivity contribution >= 4 is 11.5 Å². The van der Waals surface area contributed by atoms with Gasteiger partial charge in [-0.25, -0.2) is 4.98 Å². The Morgan fingerprint density at radius 1 is 1.24 bits per heavy atom. The zero-order chi connectivity index (χ0) is 18.0. The van der Waals surface area contributed by atoms with E-state index in [1.165, 1.54) is 0 Å². The van der Waals surface area contributed by atoms with E-state index < -0.39 is 5.60 Å². The standard InChI is InChI=1S/C19H24N4O2/c1-13(2)16-11-18(23-17(22-16)9-10-21-23)20-12-19(3,24)14-5-7-15(25-4)8-6-14/h5-11,13,20,24H,12H2,1-4H3. The van der Waals surface area contributed by atoms with Crippen LogP contribution in [0.4, 0.5) is 5.82 Å². The van der Waals surface area contributed by atoms with E-state index >= 15 is 0 Å². The molecule has 0 aliphatic rings. The molecule has 0 aliphatic heterocycles. The number of nitrogens with zero attached hydrogens (tertiary/aromatic N) is 3. The minimum atomic E-state index is -1.03. The summed E-state index contributed by atoms with van der Waals surface area (Å²) in [5.74, 6) is 1.89. The van der Waals surface area contributed by atoms with Crippen LogP contribution in [-0.2, 0) is 5.60 Å². The summed E-state index contributed by atoms with van der Waals surface area (Å²) in [6.07, 6.45) is 1.72. The summed E-state index contributed by atoms with van der Waals surface area (Å²) in [6, 6.07) is 11.3. The maximum atomic E-state index is 10.9. The smallest absolute Gasteiger partial charge is 0.157 e. The van der Waals surface area contributed by atoms with Gasteiger partial charge >= 0.3 is 0 Å². The summed E-state index contributed by atoms with van der Waals surface area (Å²) >= 11 is 0. The SMILES string of the molecule is COc1ccc(C(C)(O)CNc2cc(C(C)C)nc3ccnn23)cc1. The molecule has 1 unspecified atom stereocenters. The number of hydrogen-bond donors (Lipinski definition) is 2. The van der Waals surface area contributed by atoms with Gasteiger partial charge in [-0.05, 0) is 30.5 Å². The van der Waals surface area contributed by atoms with E-state index in [0.29, 0.717) is 12.5 Å². The van der Waals surface area contributed by atoms with Crippen LogP contribution in [0.2, 0.25) is 0 Å². The Labute approximate surface area is 147 Å². The Bertz CT molecular complexity index is 853. The van der Waals surface area contributed by atoms with Crippen molar-refractivity contribution in [3.05, 3.63) is 53.9 Å². The van der Waals surface area contributed by atoms with Gasteiger partial charge in [-0.3, -0.25) is 0 Å². The van der Waals surface area contributed by atoms with Gasteiger partial charge in [-0.15, -0.1) is 0 Å². The predicted molar refractivity (Wildman–Crippen MR) is 98.1 cm³/mol. The van der Waals surface area contributed by atoms with E-state index in [-0.39, 0.29) is 0 Å². The Morgan fingerprint density at radius 3 is 2.60 bits per heavy atom. The van der Waals surface area contributed by atoms with Gasteiger partial charge in [0.05, 0.1) is 13.3 Å². The van der Waals surface area contributed by atoms with Gasteiger partial charge in [0.2, 0.25) is 0 Å². The number of benzene rings is 1. The number of aliphatic hydroxyl groups is 1. The van der Waals surface area contributed by atoms with Gasteiger partial charge in [0.25, 0.3) is 0 Å². The average molecular weight is 340 g/mol. The van der Waals surface area contributed by atoms with E-state index in [0.717, 1.165) is 28.5 Å². The fraction of sp³-hybridized carbons (Fsp3) is 0.368. The van der Waals surface area contributed by atoms with Crippen LogP contribution in [0.5, 0.6) is 5.75 Å². The summed E-state index contributed by atoms with van der Waals surface area (Å²) in [7, 11) is 1.62. The molecule has 6 nitrogen and oxygen atoms in total. The van der Waals surface area contributed by atoms with Crippen LogP contribution in [0.15, 0.2) is 42.6 Å². The third kappa shape index (κ3) is 3.58. The topological polar surface area (TPSA) is 71.7 Å². The molecule has 1 atom stereocenters. The molecule has 3 aromatic rings. The molecule has 0 saturated heterocycles. The Kier molecular flexibility index (Phi) is 4.63. The number of ether oxygens (including phenoxy) is 1. The van der Waals surface area contributed by atoms with E-state index in [1.54, 1.807) is 24.7 Å². The van der Waals surface area contributed by atoms with Crippen molar-refractivity contribution < 1.29 is 9.84 Å². The number of anilines is 1.